The molecule has 2 fully saturated rings. The van der Waals surface area contributed by atoms with Crippen LogP contribution in [0.25, 0.3) is 0 Å². The van der Waals surface area contributed by atoms with E-state index in [0.29, 0.717) is 71.0 Å². The predicted octanol–water partition coefficient (Wildman–Crippen LogP) is -1.87. The van der Waals surface area contributed by atoms with Gasteiger partial charge in [-0.1, -0.05) is 6.42 Å². The van der Waals surface area contributed by atoms with Gasteiger partial charge >= 0.3 is 5.97 Å². The number of nitrogens with two attached hydrogens (primary N) is 3. The van der Waals surface area contributed by atoms with Crippen molar-refractivity contribution in [1.82, 2.24) is 25.8 Å². The lowest BCUT2D eigenvalue weighted by atomic mass is 10.1. The maximum absolute atomic E-state index is 13.4. The number of likely N-dealkylation sites (tertiary alicyclic amines) is 2. The molecule has 2 rings (SSSR count). The Balaban J connectivity index is 2.03. The van der Waals surface area contributed by atoms with Crippen molar-refractivity contribution >= 4 is 35.5 Å². The van der Waals surface area contributed by atoms with Crippen LogP contribution in [0.2, 0.25) is 0 Å². The summed E-state index contributed by atoms with van der Waals surface area (Å²) in [5, 5.41) is 17.4. The van der Waals surface area contributed by atoms with Crippen molar-refractivity contribution in [2.24, 2.45) is 17.2 Å². The number of aliphatic carboxylic acids is 1. The molecule has 0 aromatic rings. The highest BCUT2D eigenvalue weighted by atomic mass is 16.4. The lowest BCUT2D eigenvalue weighted by Crippen LogP contribution is -2.58. The summed E-state index contributed by atoms with van der Waals surface area (Å²) in [7, 11) is 0. The second-order valence-corrected chi connectivity index (χ2v) is 11.4. The number of unbranched alkanes of at least 4 members (excludes halogenated alkanes) is 2. The Kier molecular flexibility index (Phi) is 14.8. The minimum absolute atomic E-state index is 0.256. The van der Waals surface area contributed by atoms with Crippen LogP contribution in [-0.4, -0.2) is 113 Å². The first-order valence-corrected chi connectivity index (χ1v) is 15.3. The van der Waals surface area contributed by atoms with Crippen LogP contribution in [0.3, 0.4) is 0 Å². The second-order valence-electron chi connectivity index (χ2n) is 11.4. The van der Waals surface area contributed by atoms with Crippen LogP contribution in [-0.2, 0) is 28.8 Å². The molecule has 2 aliphatic heterocycles. The summed E-state index contributed by atoms with van der Waals surface area (Å²) in [6.45, 7) is 4.52. The summed E-state index contributed by atoms with van der Waals surface area (Å²) in [5.74, 6) is -3.58. The van der Waals surface area contributed by atoms with Crippen molar-refractivity contribution in [3.8, 4) is 0 Å². The molecule has 0 saturated carbocycles. The molecule has 0 bridgehead atoms. The summed E-state index contributed by atoms with van der Waals surface area (Å²) in [6.07, 6.45) is 5.13. The second kappa shape index (κ2) is 17.7. The van der Waals surface area contributed by atoms with Crippen LogP contribution in [0.1, 0.15) is 78.1 Å². The van der Waals surface area contributed by atoms with Crippen LogP contribution in [0.4, 0.5) is 0 Å². The zero-order chi connectivity index (χ0) is 32.1. The van der Waals surface area contributed by atoms with E-state index in [4.69, 9.17) is 17.2 Å². The zero-order valence-corrected chi connectivity index (χ0v) is 25.4. The number of hydrogen-bond donors (Lipinski definition) is 7. The molecule has 0 aromatic carbocycles. The van der Waals surface area contributed by atoms with Crippen molar-refractivity contribution in [3.63, 3.8) is 0 Å². The fraction of sp³-hybridized carbons (Fsp3) is 0.786. The van der Waals surface area contributed by atoms with E-state index in [0.717, 1.165) is 6.42 Å². The van der Waals surface area contributed by atoms with E-state index >= 15 is 0 Å². The third kappa shape index (κ3) is 10.4. The summed E-state index contributed by atoms with van der Waals surface area (Å²) in [6, 6.07) is -5.45. The average molecular weight is 611 g/mol. The van der Waals surface area contributed by atoms with Gasteiger partial charge in [-0.05, 0) is 84.7 Å². The van der Waals surface area contributed by atoms with E-state index in [9.17, 15) is 33.9 Å². The fourth-order valence-corrected chi connectivity index (χ4v) is 5.51. The molecule has 2 saturated heterocycles. The number of nitrogens with zero attached hydrogens (tertiary/aromatic N) is 2. The first-order chi connectivity index (χ1) is 20.4. The van der Waals surface area contributed by atoms with Gasteiger partial charge in [0.15, 0.2) is 0 Å². The molecule has 0 spiro atoms. The van der Waals surface area contributed by atoms with E-state index in [1.165, 1.54) is 23.6 Å². The van der Waals surface area contributed by atoms with Crippen molar-refractivity contribution < 1.29 is 33.9 Å². The highest BCUT2D eigenvalue weighted by Gasteiger charge is 2.39. The zero-order valence-electron chi connectivity index (χ0n) is 25.4. The largest absolute Gasteiger partial charge is 0.480 e. The molecular weight excluding hydrogens is 560 g/mol. The third-order valence-corrected chi connectivity index (χ3v) is 8.00. The van der Waals surface area contributed by atoms with Gasteiger partial charge < -0.3 is 48.1 Å². The summed E-state index contributed by atoms with van der Waals surface area (Å²) in [4.78, 5) is 79.4. The SMILES string of the molecule is C[C@H](NC(=O)[C@H](CCCCN)NC(=O)[C@@H]1CCCN1C(=O)[C@H](C)NC(=O)[C@@H](N)CCCCN)C(=O)N1CCC[C@H]1C(=O)O. The third-order valence-electron chi connectivity index (χ3n) is 8.00. The van der Waals surface area contributed by atoms with Crippen LogP contribution in [0.5, 0.6) is 0 Å². The Morgan fingerprint density at radius 2 is 1.23 bits per heavy atom. The average Bonchev–Trinajstić information content (AvgIpc) is 3.66. The van der Waals surface area contributed by atoms with Gasteiger partial charge in [-0.25, -0.2) is 4.79 Å². The van der Waals surface area contributed by atoms with Crippen LogP contribution < -0.4 is 33.2 Å². The van der Waals surface area contributed by atoms with Gasteiger partial charge in [0.1, 0.15) is 30.2 Å². The van der Waals surface area contributed by atoms with E-state index in [1.54, 1.807) is 0 Å². The number of carboxylic acids is 1. The number of hydrogen-bond acceptors (Lipinski definition) is 9. The normalized spacial score (nSPS) is 21.0. The topological polar surface area (TPSA) is 243 Å². The van der Waals surface area contributed by atoms with Crippen molar-refractivity contribution in [3.05, 3.63) is 0 Å². The molecule has 15 nitrogen and oxygen atoms in total. The summed E-state index contributed by atoms with van der Waals surface area (Å²) >= 11 is 0. The fourth-order valence-electron chi connectivity index (χ4n) is 5.51. The van der Waals surface area contributed by atoms with Gasteiger partial charge in [0.05, 0.1) is 6.04 Å². The molecule has 10 N–H and O–H groups in total. The summed E-state index contributed by atoms with van der Waals surface area (Å²) < 4.78 is 0. The highest BCUT2D eigenvalue weighted by Crippen LogP contribution is 2.20. The maximum atomic E-state index is 13.4. The van der Waals surface area contributed by atoms with Gasteiger partial charge in [0, 0.05) is 13.1 Å². The van der Waals surface area contributed by atoms with Gasteiger partial charge in [-0.2, -0.15) is 0 Å². The number of nitrogens with one attached hydrogen (secondary N) is 3. The number of amides is 5. The van der Waals surface area contributed by atoms with Gasteiger partial charge in [0.25, 0.3) is 0 Å². The van der Waals surface area contributed by atoms with E-state index in [-0.39, 0.29) is 13.0 Å². The lowest BCUT2D eigenvalue weighted by Gasteiger charge is -2.30. The smallest absolute Gasteiger partial charge is 0.326 e. The van der Waals surface area contributed by atoms with E-state index in [1.807, 2.05) is 0 Å². The molecule has 0 aromatic heterocycles. The Labute approximate surface area is 253 Å². The Hall–Kier alpha value is -3.30. The van der Waals surface area contributed by atoms with E-state index < -0.39 is 71.8 Å². The molecule has 5 amide bonds. The van der Waals surface area contributed by atoms with Crippen LogP contribution >= 0.6 is 0 Å². The number of carbonyl (C=O) groups excluding carboxylic acids is 5. The quantitative estimate of drug-likeness (QED) is 0.0905. The summed E-state index contributed by atoms with van der Waals surface area (Å²) in [5.41, 5.74) is 17.0. The molecule has 244 valence electrons. The van der Waals surface area contributed by atoms with Crippen molar-refractivity contribution in [1.29, 1.82) is 0 Å². The molecular formula is C28H50N8O7. The van der Waals surface area contributed by atoms with Gasteiger partial charge in [-0.3, -0.25) is 24.0 Å². The van der Waals surface area contributed by atoms with E-state index in [2.05, 4.69) is 16.0 Å². The molecule has 0 unspecified atom stereocenters. The first kappa shape index (κ1) is 35.9. The Bertz CT molecular complexity index is 996. The number of rotatable bonds is 17. The minimum Gasteiger partial charge on any atom is -0.480 e. The maximum Gasteiger partial charge on any atom is 0.326 e. The standard InChI is InChI=1S/C28H50N8O7/c1-17(32-23(37)19(31)9-3-5-13-29)26(40)35-15-7-11-21(35)25(39)34-20(10-4-6-14-30)24(38)33-18(2)27(41)36-16-8-12-22(36)28(42)43/h17-22H,3-16,29-31H2,1-2H3,(H,32,37)(H,33,38)(H,34,39)(H,42,43)/t17-,18-,19-,20-,21-,22-/m0/s1. The molecule has 15 heteroatoms. The van der Waals surface area contributed by atoms with Crippen LogP contribution in [0, 0.1) is 0 Å². The first-order valence-electron chi connectivity index (χ1n) is 15.3. The van der Waals surface area contributed by atoms with Crippen LogP contribution in [0.15, 0.2) is 0 Å². The molecule has 2 heterocycles. The van der Waals surface area contributed by atoms with Gasteiger partial charge in [0.2, 0.25) is 29.5 Å². The Morgan fingerprint density at radius 1 is 0.744 bits per heavy atom. The number of carbonyl (C=O) groups is 6. The molecule has 0 aliphatic carbocycles. The predicted molar refractivity (Wildman–Crippen MR) is 158 cm³/mol. The number of carboxylic acid groups (broad SMARTS) is 1. The van der Waals surface area contributed by atoms with Crippen molar-refractivity contribution in [2.45, 2.75) is 114 Å². The van der Waals surface area contributed by atoms with Gasteiger partial charge in [-0.15, -0.1) is 0 Å². The Morgan fingerprint density at radius 3 is 1.77 bits per heavy atom. The lowest BCUT2D eigenvalue weighted by molar-refractivity contribution is -0.149. The molecule has 43 heavy (non-hydrogen) atoms. The molecule has 0 radical (unpaired) electrons. The monoisotopic (exact) mass is 610 g/mol. The van der Waals surface area contributed by atoms with Crippen molar-refractivity contribution in [2.75, 3.05) is 26.2 Å². The molecule has 6 atom stereocenters. The highest BCUT2D eigenvalue weighted by molar-refractivity contribution is 5.96. The molecule has 2 aliphatic rings. The minimum atomic E-state index is -1.09.